The number of piperidine rings is 1. The third-order valence-corrected chi connectivity index (χ3v) is 6.74. The van der Waals surface area contributed by atoms with E-state index in [0.29, 0.717) is 19.5 Å². The number of nitrogens with one attached hydrogen (secondary N) is 2. The number of nitrogens with zero attached hydrogens (tertiary/aromatic N) is 3. The van der Waals surface area contributed by atoms with Crippen LogP contribution < -0.4 is 10.6 Å². The van der Waals surface area contributed by atoms with E-state index in [9.17, 15) is 8.42 Å². The molecule has 0 aromatic heterocycles. The van der Waals surface area contributed by atoms with Crippen molar-refractivity contribution in [2.45, 2.75) is 59.4 Å². The second-order valence-corrected chi connectivity index (χ2v) is 8.92. The highest BCUT2D eigenvalue weighted by Gasteiger charge is 2.27. The molecule has 1 heterocycles. The summed E-state index contributed by atoms with van der Waals surface area (Å²) in [5.74, 6) is 1.09. The summed E-state index contributed by atoms with van der Waals surface area (Å²) in [7, 11) is -3.07. The Morgan fingerprint density at radius 2 is 1.78 bits per heavy atom. The maximum absolute atomic E-state index is 12.2. The average Bonchev–Trinajstić information content (AvgIpc) is 2.61. The smallest absolute Gasteiger partial charge is 0.214 e. The topological polar surface area (TPSA) is 77.0 Å². The number of hydrogen-bond acceptors (Lipinski definition) is 4. The van der Waals surface area contributed by atoms with Gasteiger partial charge in [0, 0.05) is 32.2 Å². The van der Waals surface area contributed by atoms with Crippen LogP contribution in [-0.4, -0.2) is 81.2 Å². The van der Waals surface area contributed by atoms with E-state index in [4.69, 9.17) is 4.99 Å². The van der Waals surface area contributed by atoms with Gasteiger partial charge in [-0.15, -0.1) is 24.0 Å². The Morgan fingerprint density at radius 3 is 2.30 bits per heavy atom. The van der Waals surface area contributed by atoms with Crippen LogP contribution in [-0.2, 0) is 10.0 Å². The standard InChI is InChI=1S/C18H39N5O2S.HI/c1-5-12-22(8-4)15-11-20-18(19-7-3)21-17-9-13-23(14-10-17)26(24,25)16-6-2;/h17H,5-16H2,1-4H3,(H2,19,20,21);1H. The number of sulfonamides is 1. The molecule has 1 fully saturated rings. The van der Waals surface area contributed by atoms with Crippen molar-refractivity contribution < 1.29 is 8.42 Å². The van der Waals surface area contributed by atoms with Crippen molar-refractivity contribution in [2.75, 3.05) is 51.6 Å². The minimum atomic E-state index is -3.07. The number of hydrogen-bond donors (Lipinski definition) is 2. The number of aliphatic imine (C=N–C) groups is 1. The zero-order valence-electron chi connectivity index (χ0n) is 17.5. The molecule has 1 aliphatic rings. The predicted octanol–water partition coefficient (Wildman–Crippen LogP) is 2.10. The van der Waals surface area contributed by atoms with Gasteiger partial charge < -0.3 is 15.5 Å². The maximum atomic E-state index is 12.2. The van der Waals surface area contributed by atoms with Gasteiger partial charge in [0.25, 0.3) is 0 Å². The van der Waals surface area contributed by atoms with Crippen LogP contribution in [0.2, 0.25) is 0 Å². The average molecular weight is 518 g/mol. The molecule has 0 amide bonds. The van der Waals surface area contributed by atoms with Gasteiger partial charge in [0.1, 0.15) is 0 Å². The summed E-state index contributed by atoms with van der Waals surface area (Å²) in [4.78, 5) is 7.10. The van der Waals surface area contributed by atoms with Crippen LogP contribution in [0.1, 0.15) is 53.4 Å². The number of rotatable bonds is 11. The quantitative estimate of drug-likeness (QED) is 0.250. The fraction of sp³-hybridized carbons (Fsp3) is 0.944. The summed E-state index contributed by atoms with van der Waals surface area (Å²) in [6.45, 7) is 14.3. The summed E-state index contributed by atoms with van der Waals surface area (Å²) in [5.41, 5.74) is 0. The first-order valence-corrected chi connectivity index (χ1v) is 11.8. The van der Waals surface area contributed by atoms with Crippen LogP contribution in [0.5, 0.6) is 0 Å². The van der Waals surface area contributed by atoms with E-state index in [1.54, 1.807) is 4.31 Å². The van der Waals surface area contributed by atoms with E-state index in [-0.39, 0.29) is 35.8 Å². The van der Waals surface area contributed by atoms with Gasteiger partial charge in [0.2, 0.25) is 10.0 Å². The van der Waals surface area contributed by atoms with E-state index < -0.39 is 10.0 Å². The number of likely N-dealkylation sites (N-methyl/N-ethyl adjacent to an activating group) is 1. The molecule has 7 nitrogen and oxygen atoms in total. The first-order chi connectivity index (χ1) is 12.5. The molecule has 0 unspecified atom stereocenters. The fourth-order valence-corrected chi connectivity index (χ4v) is 4.77. The van der Waals surface area contributed by atoms with Crippen molar-refractivity contribution in [3.8, 4) is 0 Å². The SMILES string of the molecule is CCCN(CC)CCN=C(NCC)NC1CCN(S(=O)(=O)CCC)CC1.I. The molecule has 1 rings (SSSR count). The molecule has 0 saturated carbocycles. The van der Waals surface area contributed by atoms with Crippen LogP contribution in [0.15, 0.2) is 4.99 Å². The molecule has 1 aliphatic heterocycles. The first-order valence-electron chi connectivity index (χ1n) is 10.2. The molecule has 0 aliphatic carbocycles. The second-order valence-electron chi connectivity index (χ2n) is 6.83. The van der Waals surface area contributed by atoms with Gasteiger partial charge in [-0.3, -0.25) is 4.99 Å². The zero-order chi connectivity index (χ0) is 19.4. The Hall–Kier alpha value is -0.130. The molecule has 0 atom stereocenters. The van der Waals surface area contributed by atoms with Gasteiger partial charge in [0.15, 0.2) is 5.96 Å². The Bertz CT molecular complexity index is 508. The summed E-state index contributed by atoms with van der Waals surface area (Å²) >= 11 is 0. The van der Waals surface area contributed by atoms with Gasteiger partial charge in [-0.25, -0.2) is 12.7 Å². The summed E-state index contributed by atoms with van der Waals surface area (Å²) in [6.07, 6.45) is 3.48. The molecule has 0 radical (unpaired) electrons. The fourth-order valence-electron chi connectivity index (χ4n) is 3.23. The Balaban J connectivity index is 0.00000676. The highest BCUT2D eigenvalue weighted by Crippen LogP contribution is 2.15. The van der Waals surface area contributed by atoms with Crippen LogP contribution >= 0.6 is 24.0 Å². The van der Waals surface area contributed by atoms with Gasteiger partial charge in [-0.05, 0) is 45.7 Å². The van der Waals surface area contributed by atoms with E-state index in [2.05, 4.69) is 36.3 Å². The van der Waals surface area contributed by atoms with Crippen molar-refractivity contribution in [2.24, 2.45) is 4.99 Å². The van der Waals surface area contributed by atoms with E-state index in [1.165, 1.54) is 0 Å². The monoisotopic (exact) mass is 517 g/mol. The number of guanidine groups is 1. The van der Waals surface area contributed by atoms with Crippen LogP contribution in [0.3, 0.4) is 0 Å². The molecule has 0 bridgehead atoms. The van der Waals surface area contributed by atoms with Crippen LogP contribution in [0, 0.1) is 0 Å². The molecule has 162 valence electrons. The normalized spacial score (nSPS) is 17.0. The Kier molecular flexibility index (Phi) is 14.7. The lowest BCUT2D eigenvalue weighted by molar-refractivity contribution is 0.296. The minimum Gasteiger partial charge on any atom is -0.357 e. The van der Waals surface area contributed by atoms with Crippen LogP contribution in [0.4, 0.5) is 0 Å². The van der Waals surface area contributed by atoms with Crippen molar-refractivity contribution in [1.82, 2.24) is 19.8 Å². The zero-order valence-corrected chi connectivity index (χ0v) is 20.7. The lowest BCUT2D eigenvalue weighted by Gasteiger charge is -2.32. The lowest BCUT2D eigenvalue weighted by Crippen LogP contribution is -2.50. The van der Waals surface area contributed by atoms with Gasteiger partial charge in [-0.2, -0.15) is 0 Å². The molecular weight excluding hydrogens is 477 g/mol. The van der Waals surface area contributed by atoms with E-state index in [0.717, 1.165) is 57.9 Å². The minimum absolute atomic E-state index is 0. The maximum Gasteiger partial charge on any atom is 0.214 e. The van der Waals surface area contributed by atoms with Crippen molar-refractivity contribution in [1.29, 1.82) is 0 Å². The molecule has 0 aromatic rings. The predicted molar refractivity (Wildman–Crippen MR) is 126 cm³/mol. The summed E-state index contributed by atoms with van der Waals surface area (Å²) in [5, 5.41) is 6.79. The third-order valence-electron chi connectivity index (χ3n) is 4.67. The summed E-state index contributed by atoms with van der Waals surface area (Å²) in [6, 6.07) is 0.277. The largest absolute Gasteiger partial charge is 0.357 e. The third kappa shape index (κ3) is 10.3. The molecule has 1 saturated heterocycles. The first kappa shape index (κ1) is 26.9. The highest BCUT2D eigenvalue weighted by molar-refractivity contribution is 14.0. The highest BCUT2D eigenvalue weighted by atomic mass is 127. The van der Waals surface area contributed by atoms with E-state index >= 15 is 0 Å². The van der Waals surface area contributed by atoms with Gasteiger partial charge >= 0.3 is 0 Å². The van der Waals surface area contributed by atoms with Gasteiger partial charge in [-0.1, -0.05) is 20.8 Å². The molecule has 27 heavy (non-hydrogen) atoms. The molecule has 2 N–H and O–H groups in total. The molecular formula is C18H40IN5O2S. The summed E-state index contributed by atoms with van der Waals surface area (Å²) < 4.78 is 26.0. The molecule has 0 spiro atoms. The Morgan fingerprint density at radius 1 is 1.11 bits per heavy atom. The lowest BCUT2D eigenvalue weighted by atomic mass is 10.1. The van der Waals surface area contributed by atoms with Crippen LogP contribution in [0.25, 0.3) is 0 Å². The van der Waals surface area contributed by atoms with Crippen molar-refractivity contribution in [3.05, 3.63) is 0 Å². The molecule has 9 heteroatoms. The van der Waals surface area contributed by atoms with Crippen molar-refractivity contribution >= 4 is 40.0 Å². The molecule has 0 aromatic carbocycles. The van der Waals surface area contributed by atoms with Gasteiger partial charge in [0.05, 0.1) is 12.3 Å². The van der Waals surface area contributed by atoms with Crippen molar-refractivity contribution in [3.63, 3.8) is 0 Å². The Labute approximate surface area is 183 Å². The van der Waals surface area contributed by atoms with E-state index in [1.807, 2.05) is 6.92 Å². The number of halogens is 1. The second kappa shape index (κ2) is 14.8.